The fraction of sp³-hybridized carbons (Fsp3) is 0.417. The van der Waals surface area contributed by atoms with Crippen molar-refractivity contribution in [1.82, 2.24) is 0 Å². The molecular weight excluding hydrogens is 295 g/mol. The van der Waals surface area contributed by atoms with Gasteiger partial charge in [0.2, 0.25) is 0 Å². The lowest BCUT2D eigenvalue weighted by atomic mass is 9.92. The van der Waals surface area contributed by atoms with Crippen molar-refractivity contribution in [3.8, 4) is 0 Å². The van der Waals surface area contributed by atoms with E-state index in [1.54, 1.807) is 26.8 Å². The summed E-state index contributed by atoms with van der Waals surface area (Å²) in [6, 6.07) is 4.42. The Morgan fingerprint density at radius 1 is 1.17 bits per heavy atom. The van der Waals surface area contributed by atoms with Crippen molar-refractivity contribution >= 4 is 38.8 Å². The number of benzene rings is 1. The van der Waals surface area contributed by atoms with E-state index >= 15 is 0 Å². The molecule has 0 aliphatic heterocycles. The van der Waals surface area contributed by atoms with Crippen LogP contribution in [-0.2, 0) is 14.6 Å². The van der Waals surface area contributed by atoms with Crippen LogP contribution in [0.2, 0.25) is 10.0 Å². The van der Waals surface area contributed by atoms with Gasteiger partial charge in [0.15, 0.2) is 15.6 Å². The van der Waals surface area contributed by atoms with Crippen LogP contribution in [0.4, 0.5) is 0 Å². The minimum absolute atomic E-state index is 0.0317. The van der Waals surface area contributed by atoms with E-state index in [4.69, 9.17) is 23.2 Å². The molecule has 100 valence electrons. The topological polar surface area (TPSA) is 51.2 Å². The molecule has 1 rings (SSSR count). The summed E-state index contributed by atoms with van der Waals surface area (Å²) in [5.41, 5.74) is -0.721. The van der Waals surface area contributed by atoms with Crippen molar-refractivity contribution in [3.05, 3.63) is 28.2 Å². The molecule has 0 heterocycles. The first-order valence-electron chi connectivity index (χ1n) is 5.26. The summed E-state index contributed by atoms with van der Waals surface area (Å²) in [5.74, 6) is -0.974. The highest BCUT2D eigenvalue weighted by molar-refractivity contribution is 7.92. The number of ketones is 1. The fourth-order valence-electron chi connectivity index (χ4n) is 1.24. The van der Waals surface area contributed by atoms with Gasteiger partial charge in [-0.2, -0.15) is 0 Å². The predicted molar refractivity (Wildman–Crippen MR) is 73.0 cm³/mol. The van der Waals surface area contributed by atoms with Crippen molar-refractivity contribution in [1.29, 1.82) is 0 Å². The molecule has 0 atom stereocenters. The molecule has 0 amide bonds. The molecule has 1 aromatic rings. The van der Waals surface area contributed by atoms with Crippen molar-refractivity contribution < 1.29 is 13.2 Å². The van der Waals surface area contributed by atoms with Crippen LogP contribution < -0.4 is 0 Å². The Morgan fingerprint density at radius 2 is 1.61 bits per heavy atom. The van der Waals surface area contributed by atoms with Gasteiger partial charge in [-0.1, -0.05) is 50.0 Å². The van der Waals surface area contributed by atoms with Crippen LogP contribution in [0, 0.1) is 5.41 Å². The zero-order chi connectivity index (χ0) is 14.1. The van der Waals surface area contributed by atoms with E-state index in [9.17, 15) is 13.2 Å². The summed E-state index contributed by atoms with van der Waals surface area (Å²) in [6.45, 7) is 5.00. The molecule has 0 bridgehead atoms. The molecule has 0 fully saturated rings. The average molecular weight is 309 g/mol. The van der Waals surface area contributed by atoms with Crippen molar-refractivity contribution in [2.75, 3.05) is 5.75 Å². The molecule has 0 saturated heterocycles. The largest absolute Gasteiger partial charge is 0.298 e. The Balaban J connectivity index is 3.20. The van der Waals surface area contributed by atoms with Crippen molar-refractivity contribution in [3.63, 3.8) is 0 Å². The lowest BCUT2D eigenvalue weighted by Gasteiger charge is -2.17. The van der Waals surface area contributed by atoms with Gasteiger partial charge in [0.1, 0.15) is 10.6 Å². The normalized spacial score (nSPS) is 12.5. The molecule has 6 heteroatoms. The molecule has 0 aliphatic rings. The van der Waals surface area contributed by atoms with Crippen molar-refractivity contribution in [2.24, 2.45) is 5.41 Å². The number of sulfone groups is 1. The van der Waals surface area contributed by atoms with Gasteiger partial charge >= 0.3 is 0 Å². The highest BCUT2D eigenvalue weighted by Gasteiger charge is 2.30. The highest BCUT2D eigenvalue weighted by Crippen LogP contribution is 2.30. The quantitative estimate of drug-likeness (QED) is 0.860. The first kappa shape index (κ1) is 15.5. The smallest absolute Gasteiger partial charge is 0.188 e. The Labute approximate surface area is 117 Å². The van der Waals surface area contributed by atoms with Gasteiger partial charge in [0, 0.05) is 5.41 Å². The van der Waals surface area contributed by atoms with Crippen LogP contribution in [0.3, 0.4) is 0 Å². The van der Waals surface area contributed by atoms with Crippen LogP contribution in [0.5, 0.6) is 0 Å². The van der Waals surface area contributed by atoms with E-state index in [1.807, 2.05) is 0 Å². The zero-order valence-electron chi connectivity index (χ0n) is 10.3. The lowest BCUT2D eigenvalue weighted by Crippen LogP contribution is -2.28. The molecule has 0 saturated carbocycles. The lowest BCUT2D eigenvalue weighted by molar-refractivity contribution is -0.123. The number of carbonyl (C=O) groups excluding carboxylic acids is 1. The molecule has 0 N–H and O–H groups in total. The molecule has 18 heavy (non-hydrogen) atoms. The molecule has 0 spiro atoms. The van der Waals surface area contributed by atoms with Gasteiger partial charge in [0.05, 0.1) is 10.0 Å². The summed E-state index contributed by atoms with van der Waals surface area (Å²) in [7, 11) is -3.82. The Bertz CT molecular complexity index is 551. The molecule has 0 radical (unpaired) electrons. The number of carbonyl (C=O) groups is 1. The van der Waals surface area contributed by atoms with E-state index in [2.05, 4.69) is 0 Å². The second-order valence-electron chi connectivity index (χ2n) is 4.98. The average Bonchev–Trinajstić information content (AvgIpc) is 2.14. The number of hydrogen-bond donors (Lipinski definition) is 0. The van der Waals surface area contributed by atoms with Gasteiger partial charge in [-0.15, -0.1) is 0 Å². The Morgan fingerprint density at radius 3 is 2.00 bits per heavy atom. The maximum Gasteiger partial charge on any atom is 0.188 e. The van der Waals surface area contributed by atoms with Crippen LogP contribution in [0.25, 0.3) is 0 Å². The monoisotopic (exact) mass is 308 g/mol. The standard InChI is InChI=1S/C12H14Cl2O3S/c1-12(2,3)10(15)7-18(16,17)11-8(13)5-4-6-9(11)14/h4-6H,7H2,1-3H3. The van der Waals surface area contributed by atoms with Gasteiger partial charge in [0.25, 0.3) is 0 Å². The number of Topliss-reactive ketones (excluding diaryl/α,β-unsaturated/α-hetero) is 1. The third kappa shape index (κ3) is 3.46. The zero-order valence-corrected chi connectivity index (χ0v) is 12.7. The van der Waals surface area contributed by atoms with Gasteiger partial charge in [-0.3, -0.25) is 4.79 Å². The number of halogens is 2. The van der Waals surface area contributed by atoms with E-state index in [0.717, 1.165) is 0 Å². The van der Waals surface area contributed by atoms with Crippen molar-refractivity contribution in [2.45, 2.75) is 25.7 Å². The minimum Gasteiger partial charge on any atom is -0.298 e. The summed E-state index contributed by atoms with van der Waals surface area (Å²) >= 11 is 11.7. The predicted octanol–water partition coefficient (Wildman–Crippen LogP) is 3.38. The summed E-state index contributed by atoms with van der Waals surface area (Å²) in [5, 5.41) is 0.0634. The highest BCUT2D eigenvalue weighted by atomic mass is 35.5. The van der Waals surface area contributed by atoms with Crippen LogP contribution in [-0.4, -0.2) is 20.0 Å². The first-order valence-corrected chi connectivity index (χ1v) is 7.66. The third-order valence-corrected chi connectivity index (χ3v) is 4.95. The molecule has 1 aromatic carbocycles. The van der Waals surface area contributed by atoms with E-state index < -0.39 is 21.0 Å². The third-order valence-electron chi connectivity index (χ3n) is 2.39. The SMILES string of the molecule is CC(C)(C)C(=O)CS(=O)(=O)c1c(Cl)cccc1Cl. The van der Waals surface area contributed by atoms with Crippen LogP contribution in [0.15, 0.2) is 23.1 Å². The van der Waals surface area contributed by atoms with E-state index in [0.29, 0.717) is 0 Å². The van der Waals surface area contributed by atoms with Crippen LogP contribution in [0.1, 0.15) is 20.8 Å². The summed E-state index contributed by atoms with van der Waals surface area (Å²) in [4.78, 5) is 11.6. The molecule has 3 nitrogen and oxygen atoms in total. The van der Waals surface area contributed by atoms with Gasteiger partial charge in [-0.05, 0) is 12.1 Å². The maximum atomic E-state index is 12.1. The second kappa shape index (κ2) is 5.19. The van der Waals surface area contributed by atoms with Crippen LogP contribution >= 0.6 is 23.2 Å². The maximum absolute atomic E-state index is 12.1. The van der Waals surface area contributed by atoms with Gasteiger partial charge in [-0.25, -0.2) is 8.42 Å². The molecule has 0 aromatic heterocycles. The van der Waals surface area contributed by atoms with E-state index in [1.165, 1.54) is 12.1 Å². The Kier molecular flexibility index (Phi) is 4.47. The molecule has 0 aliphatic carbocycles. The molecule has 0 unspecified atom stereocenters. The number of rotatable bonds is 3. The Hall–Kier alpha value is -0.580. The first-order chi connectivity index (χ1) is 8.05. The summed E-state index contributed by atoms with van der Waals surface area (Å²) in [6.07, 6.45) is 0. The molecular formula is C12H14Cl2O3S. The minimum atomic E-state index is -3.82. The summed E-state index contributed by atoms with van der Waals surface area (Å²) < 4.78 is 24.3. The van der Waals surface area contributed by atoms with E-state index in [-0.39, 0.29) is 20.7 Å². The second-order valence-corrected chi connectivity index (χ2v) is 7.72. The fourth-order valence-corrected chi connectivity index (χ4v) is 4.00. The van der Waals surface area contributed by atoms with Gasteiger partial charge < -0.3 is 0 Å². The number of hydrogen-bond acceptors (Lipinski definition) is 3.